The Morgan fingerprint density at radius 3 is 2.30 bits per heavy atom. The van der Waals surface area contributed by atoms with E-state index in [9.17, 15) is 4.79 Å². The van der Waals surface area contributed by atoms with Crippen molar-refractivity contribution in [3.05, 3.63) is 101 Å². The van der Waals surface area contributed by atoms with Crippen LogP contribution in [0.5, 0.6) is 11.5 Å². The number of methoxy groups -OCH3 is 2. The van der Waals surface area contributed by atoms with E-state index in [4.69, 9.17) is 30.5 Å². The van der Waals surface area contributed by atoms with Crippen LogP contribution in [0.15, 0.2) is 79.1 Å². The van der Waals surface area contributed by atoms with Crippen LogP contribution < -0.4 is 14.8 Å². The molecule has 2 heterocycles. The summed E-state index contributed by atoms with van der Waals surface area (Å²) in [5, 5.41) is 10.6. The van der Waals surface area contributed by atoms with E-state index < -0.39 is 0 Å². The predicted molar refractivity (Wildman–Crippen MR) is 154 cm³/mol. The van der Waals surface area contributed by atoms with Gasteiger partial charge in [0.15, 0.2) is 13.6 Å². The molecule has 2 aromatic heterocycles. The van der Waals surface area contributed by atoms with Gasteiger partial charge in [-0.15, -0.1) is 0 Å². The molecule has 0 amide bonds. The number of carbonyl (C=O) groups excluding carboxylic acids is 1. The van der Waals surface area contributed by atoms with Gasteiger partial charge in [0, 0.05) is 49.8 Å². The predicted octanol–water partition coefficient (Wildman–Crippen LogP) is 6.25. The standard InChI is InChI=1S/C30H29ClN4O5/c1-20-12-28(35(33-20)17-23-10-6-7-11-25(23)31)32-26-13-24(39-18-37-2)14-27(40-19-38-3)29(26)30(36)34-15-21-8-4-5-9-22(21)16-34/h4-16,32H,17-19H2,1-3H3. The van der Waals surface area contributed by atoms with Crippen molar-refractivity contribution in [3.63, 3.8) is 0 Å². The number of fused-ring (bicyclic) bond motifs is 1. The molecule has 5 aromatic rings. The summed E-state index contributed by atoms with van der Waals surface area (Å²) >= 11 is 6.43. The van der Waals surface area contributed by atoms with Crippen LogP contribution in [0.4, 0.5) is 11.5 Å². The molecule has 0 aliphatic heterocycles. The third-order valence-corrected chi connectivity index (χ3v) is 6.56. The summed E-state index contributed by atoms with van der Waals surface area (Å²) in [4.78, 5) is 14.1. The Labute approximate surface area is 236 Å². The summed E-state index contributed by atoms with van der Waals surface area (Å²) < 4.78 is 25.2. The minimum atomic E-state index is -0.294. The van der Waals surface area contributed by atoms with Gasteiger partial charge >= 0.3 is 0 Å². The normalized spacial score (nSPS) is 11.1. The van der Waals surface area contributed by atoms with E-state index in [1.54, 1.807) is 33.8 Å². The van der Waals surface area contributed by atoms with Crippen LogP contribution >= 0.6 is 11.6 Å². The van der Waals surface area contributed by atoms with Crippen molar-refractivity contribution in [2.45, 2.75) is 13.5 Å². The van der Waals surface area contributed by atoms with Crippen LogP contribution in [0.2, 0.25) is 5.02 Å². The molecule has 206 valence electrons. The summed E-state index contributed by atoms with van der Waals surface area (Å²) in [5.74, 6) is 1.09. The number of nitrogens with zero attached hydrogens (tertiary/aromatic N) is 3. The van der Waals surface area contributed by atoms with Gasteiger partial charge in [0.1, 0.15) is 22.9 Å². The molecule has 1 N–H and O–H groups in total. The summed E-state index contributed by atoms with van der Waals surface area (Å²) in [6, 6.07) is 20.7. The highest BCUT2D eigenvalue weighted by Gasteiger charge is 2.23. The van der Waals surface area contributed by atoms with Crippen molar-refractivity contribution in [1.29, 1.82) is 0 Å². The third kappa shape index (κ3) is 5.96. The van der Waals surface area contributed by atoms with Crippen LogP contribution in [0.1, 0.15) is 21.6 Å². The SMILES string of the molecule is COCOc1cc(Nc2cc(C)nn2Cc2ccccc2Cl)c(C(=O)n2cc3ccccc3c2)c(OCOC)c1. The molecular formula is C30H29ClN4O5. The number of hydrogen-bond donors (Lipinski definition) is 1. The molecule has 0 atom stereocenters. The Balaban J connectivity index is 1.61. The summed E-state index contributed by atoms with van der Waals surface area (Å²) in [6.07, 6.45) is 3.59. The number of anilines is 2. The molecule has 0 unspecified atom stereocenters. The van der Waals surface area contributed by atoms with Gasteiger partial charge in [0.05, 0.1) is 17.9 Å². The molecule has 40 heavy (non-hydrogen) atoms. The summed E-state index contributed by atoms with van der Waals surface area (Å²) in [5.41, 5.74) is 2.46. The fourth-order valence-corrected chi connectivity index (χ4v) is 4.57. The number of rotatable bonds is 11. The first-order valence-corrected chi connectivity index (χ1v) is 12.9. The Morgan fingerprint density at radius 2 is 1.60 bits per heavy atom. The van der Waals surface area contributed by atoms with Crippen molar-refractivity contribution >= 4 is 39.8 Å². The zero-order valence-electron chi connectivity index (χ0n) is 22.4. The van der Waals surface area contributed by atoms with Crippen molar-refractivity contribution in [1.82, 2.24) is 14.3 Å². The second-order valence-electron chi connectivity index (χ2n) is 9.09. The molecule has 0 spiro atoms. The van der Waals surface area contributed by atoms with Crippen molar-refractivity contribution in [2.75, 3.05) is 33.1 Å². The Kier molecular flexibility index (Phi) is 8.35. The second kappa shape index (κ2) is 12.3. The van der Waals surface area contributed by atoms with Gasteiger partial charge in [-0.3, -0.25) is 9.36 Å². The molecule has 0 radical (unpaired) electrons. The number of nitrogens with one attached hydrogen (secondary N) is 1. The van der Waals surface area contributed by atoms with Gasteiger partial charge in [0.2, 0.25) is 0 Å². The number of ether oxygens (including phenoxy) is 4. The smallest absolute Gasteiger partial charge is 0.267 e. The maximum atomic E-state index is 14.1. The van der Waals surface area contributed by atoms with Crippen LogP contribution in [-0.2, 0) is 16.0 Å². The fraction of sp³-hybridized carbons (Fsp3) is 0.200. The molecule has 0 fully saturated rings. The Hall–Kier alpha value is -4.31. The first-order chi connectivity index (χ1) is 19.5. The molecule has 0 bridgehead atoms. The first-order valence-electron chi connectivity index (χ1n) is 12.5. The van der Waals surface area contributed by atoms with E-state index in [1.165, 1.54) is 14.2 Å². The van der Waals surface area contributed by atoms with Crippen molar-refractivity contribution < 1.29 is 23.7 Å². The fourth-order valence-electron chi connectivity index (χ4n) is 4.38. The maximum Gasteiger partial charge on any atom is 0.267 e. The third-order valence-electron chi connectivity index (χ3n) is 6.19. The number of hydrogen-bond acceptors (Lipinski definition) is 7. The first kappa shape index (κ1) is 27.3. The van der Waals surface area contributed by atoms with Gasteiger partial charge in [-0.1, -0.05) is 54.1 Å². The lowest BCUT2D eigenvalue weighted by molar-refractivity contribution is 0.0456. The molecule has 5 rings (SSSR count). The zero-order valence-corrected chi connectivity index (χ0v) is 23.1. The summed E-state index contributed by atoms with van der Waals surface area (Å²) in [7, 11) is 3.05. The largest absolute Gasteiger partial charge is 0.467 e. The van der Waals surface area contributed by atoms with E-state index in [1.807, 2.05) is 61.5 Å². The topological polar surface area (TPSA) is 88.8 Å². The number of aryl methyl sites for hydroxylation is 1. The van der Waals surface area contributed by atoms with Gasteiger partial charge < -0.3 is 24.3 Å². The number of aromatic nitrogens is 3. The van der Waals surface area contributed by atoms with Crippen LogP contribution in [-0.4, -0.2) is 48.1 Å². The van der Waals surface area contributed by atoms with E-state index in [2.05, 4.69) is 10.4 Å². The lowest BCUT2D eigenvalue weighted by atomic mass is 10.1. The van der Waals surface area contributed by atoms with Gasteiger partial charge in [-0.25, -0.2) is 4.68 Å². The number of benzene rings is 3. The molecule has 0 saturated heterocycles. The van der Waals surface area contributed by atoms with Crippen LogP contribution in [0.3, 0.4) is 0 Å². The highest BCUT2D eigenvalue weighted by atomic mass is 35.5. The van der Waals surface area contributed by atoms with Crippen LogP contribution in [0.25, 0.3) is 10.8 Å². The molecule has 0 saturated carbocycles. The van der Waals surface area contributed by atoms with E-state index in [0.29, 0.717) is 34.4 Å². The lowest BCUT2D eigenvalue weighted by Gasteiger charge is -2.19. The minimum Gasteiger partial charge on any atom is -0.467 e. The van der Waals surface area contributed by atoms with E-state index in [-0.39, 0.29) is 25.2 Å². The average Bonchev–Trinajstić information content (AvgIpc) is 3.54. The van der Waals surface area contributed by atoms with E-state index in [0.717, 1.165) is 22.0 Å². The van der Waals surface area contributed by atoms with Crippen molar-refractivity contribution in [3.8, 4) is 11.5 Å². The molecular weight excluding hydrogens is 532 g/mol. The lowest BCUT2D eigenvalue weighted by Crippen LogP contribution is -2.16. The molecule has 3 aromatic carbocycles. The highest BCUT2D eigenvalue weighted by molar-refractivity contribution is 6.31. The Morgan fingerprint density at radius 1 is 0.925 bits per heavy atom. The average molecular weight is 561 g/mol. The molecule has 0 aliphatic rings. The zero-order chi connectivity index (χ0) is 28.1. The highest BCUT2D eigenvalue weighted by Crippen LogP contribution is 2.36. The summed E-state index contributed by atoms with van der Waals surface area (Å²) in [6.45, 7) is 2.28. The second-order valence-corrected chi connectivity index (χ2v) is 9.50. The number of halogens is 1. The Bertz CT molecular complexity index is 1610. The minimum absolute atomic E-state index is 0.0169. The monoisotopic (exact) mass is 560 g/mol. The van der Waals surface area contributed by atoms with Crippen LogP contribution in [0, 0.1) is 6.92 Å². The van der Waals surface area contributed by atoms with Gasteiger partial charge in [-0.05, 0) is 29.3 Å². The van der Waals surface area contributed by atoms with Crippen molar-refractivity contribution in [2.24, 2.45) is 0 Å². The van der Waals surface area contributed by atoms with Gasteiger partial charge in [0.25, 0.3) is 5.91 Å². The molecule has 0 aliphatic carbocycles. The quantitative estimate of drug-likeness (QED) is 0.191. The molecule has 9 nitrogen and oxygen atoms in total. The number of carbonyl (C=O) groups is 1. The molecule has 10 heteroatoms. The maximum absolute atomic E-state index is 14.1. The van der Waals surface area contributed by atoms with Gasteiger partial charge in [-0.2, -0.15) is 5.10 Å². The van der Waals surface area contributed by atoms with E-state index >= 15 is 0 Å².